The number of amides is 1. The molecule has 1 saturated heterocycles. The predicted octanol–water partition coefficient (Wildman–Crippen LogP) is 0.969. The van der Waals surface area contributed by atoms with Crippen molar-refractivity contribution in [1.29, 1.82) is 0 Å². The molecule has 1 aliphatic rings. The number of rotatable bonds is 6. The predicted molar refractivity (Wildman–Crippen MR) is 87.4 cm³/mol. The molecule has 0 unspecified atom stereocenters. The maximum atomic E-state index is 12.4. The third kappa shape index (κ3) is 4.28. The van der Waals surface area contributed by atoms with Crippen molar-refractivity contribution in [3.8, 4) is 0 Å². The standard InChI is InChI=1S/C14H23N3O3S2/c1-3-12(2)15-13(18)11-16-6-8-17(9-7-16)22(19,20)14-5-4-10-21-14/h4-5,10,12H,3,6-9,11H2,1-2H3,(H,15,18)/t12-/m1/s1. The summed E-state index contributed by atoms with van der Waals surface area (Å²) in [5.74, 6) is 0.00362. The zero-order valence-electron chi connectivity index (χ0n) is 13.0. The summed E-state index contributed by atoms with van der Waals surface area (Å²) in [7, 11) is -3.37. The Kier molecular flexibility index (Phi) is 5.96. The quantitative estimate of drug-likeness (QED) is 0.834. The number of piperazine rings is 1. The summed E-state index contributed by atoms with van der Waals surface area (Å²) in [5, 5.41) is 4.70. The Morgan fingerprint density at radius 2 is 2.05 bits per heavy atom. The van der Waals surface area contributed by atoms with Gasteiger partial charge < -0.3 is 5.32 Å². The van der Waals surface area contributed by atoms with Crippen LogP contribution in [0.1, 0.15) is 20.3 Å². The summed E-state index contributed by atoms with van der Waals surface area (Å²) >= 11 is 1.24. The third-order valence-corrected chi connectivity index (χ3v) is 7.08. The first-order chi connectivity index (χ1) is 10.4. The minimum absolute atomic E-state index is 0.00362. The van der Waals surface area contributed by atoms with Crippen molar-refractivity contribution in [3.05, 3.63) is 17.5 Å². The highest BCUT2D eigenvalue weighted by molar-refractivity contribution is 7.91. The van der Waals surface area contributed by atoms with E-state index in [9.17, 15) is 13.2 Å². The Hall–Kier alpha value is -0.960. The smallest absolute Gasteiger partial charge is 0.252 e. The van der Waals surface area contributed by atoms with E-state index in [1.165, 1.54) is 15.6 Å². The fraction of sp³-hybridized carbons (Fsp3) is 0.643. The first-order valence-electron chi connectivity index (χ1n) is 7.49. The van der Waals surface area contributed by atoms with Gasteiger partial charge in [0, 0.05) is 32.2 Å². The Morgan fingerprint density at radius 3 is 2.59 bits per heavy atom. The van der Waals surface area contributed by atoms with E-state index in [1.54, 1.807) is 17.5 Å². The SMILES string of the molecule is CC[C@@H](C)NC(=O)CN1CCN(S(=O)(=O)c2cccs2)CC1. The van der Waals surface area contributed by atoms with E-state index < -0.39 is 10.0 Å². The zero-order valence-corrected chi connectivity index (χ0v) is 14.6. The second-order valence-corrected chi connectivity index (χ2v) is 8.60. The lowest BCUT2D eigenvalue weighted by molar-refractivity contribution is -0.123. The fourth-order valence-electron chi connectivity index (χ4n) is 2.29. The number of hydrogen-bond acceptors (Lipinski definition) is 5. The second-order valence-electron chi connectivity index (χ2n) is 5.49. The van der Waals surface area contributed by atoms with Crippen molar-refractivity contribution in [3.63, 3.8) is 0 Å². The average Bonchev–Trinajstić information content (AvgIpc) is 3.02. The van der Waals surface area contributed by atoms with E-state index in [2.05, 4.69) is 5.32 Å². The summed E-state index contributed by atoms with van der Waals surface area (Å²) in [5.41, 5.74) is 0. The number of nitrogens with one attached hydrogen (secondary N) is 1. The van der Waals surface area contributed by atoms with Gasteiger partial charge in [0.25, 0.3) is 10.0 Å². The van der Waals surface area contributed by atoms with E-state index >= 15 is 0 Å². The monoisotopic (exact) mass is 345 g/mol. The number of thiophene rings is 1. The van der Waals surface area contributed by atoms with Crippen molar-refractivity contribution < 1.29 is 13.2 Å². The van der Waals surface area contributed by atoms with Crippen LogP contribution in [0.5, 0.6) is 0 Å². The molecule has 124 valence electrons. The lowest BCUT2D eigenvalue weighted by Gasteiger charge is -2.33. The van der Waals surface area contributed by atoms with Crippen molar-refractivity contribution in [2.75, 3.05) is 32.7 Å². The minimum Gasteiger partial charge on any atom is -0.353 e. The molecule has 1 fully saturated rings. The largest absolute Gasteiger partial charge is 0.353 e. The molecule has 8 heteroatoms. The molecule has 1 atom stereocenters. The molecule has 1 aliphatic heterocycles. The maximum Gasteiger partial charge on any atom is 0.252 e. The summed E-state index contributed by atoms with van der Waals surface area (Å²) in [4.78, 5) is 13.9. The number of carbonyl (C=O) groups is 1. The first kappa shape index (κ1) is 17.4. The highest BCUT2D eigenvalue weighted by Crippen LogP contribution is 2.21. The van der Waals surface area contributed by atoms with Gasteiger partial charge in [-0.2, -0.15) is 4.31 Å². The Labute approximate surface area is 136 Å². The number of carbonyl (C=O) groups excluding carboxylic acids is 1. The van der Waals surface area contributed by atoms with Crippen molar-refractivity contribution in [2.45, 2.75) is 30.5 Å². The summed E-state index contributed by atoms with van der Waals surface area (Å²) in [6.45, 7) is 6.35. The molecule has 2 rings (SSSR count). The van der Waals surface area contributed by atoms with Crippen LogP contribution in [-0.4, -0.2) is 62.3 Å². The van der Waals surface area contributed by atoms with E-state index in [1.807, 2.05) is 18.7 Å². The summed E-state index contributed by atoms with van der Waals surface area (Å²) in [6, 6.07) is 3.55. The molecule has 1 aromatic rings. The molecule has 1 aromatic heterocycles. The molecule has 22 heavy (non-hydrogen) atoms. The van der Waals surface area contributed by atoms with Crippen LogP contribution in [0.4, 0.5) is 0 Å². The Balaban J connectivity index is 1.85. The van der Waals surface area contributed by atoms with E-state index in [4.69, 9.17) is 0 Å². The van der Waals surface area contributed by atoms with Gasteiger partial charge in [-0.05, 0) is 24.8 Å². The van der Waals surface area contributed by atoms with Gasteiger partial charge in [-0.1, -0.05) is 13.0 Å². The Bertz CT molecular complexity index is 578. The molecule has 1 N–H and O–H groups in total. The third-order valence-electron chi connectivity index (χ3n) is 3.81. The van der Waals surface area contributed by atoms with Gasteiger partial charge >= 0.3 is 0 Å². The van der Waals surface area contributed by atoms with Crippen molar-refractivity contribution in [1.82, 2.24) is 14.5 Å². The lowest BCUT2D eigenvalue weighted by atomic mass is 10.2. The van der Waals surface area contributed by atoms with Crippen molar-refractivity contribution in [2.24, 2.45) is 0 Å². The summed E-state index contributed by atoms with van der Waals surface area (Å²) < 4.78 is 26.7. The molecule has 0 aliphatic carbocycles. The van der Waals surface area contributed by atoms with Gasteiger partial charge in [0.05, 0.1) is 6.54 Å². The topological polar surface area (TPSA) is 69.7 Å². The minimum atomic E-state index is -3.37. The molecule has 0 aromatic carbocycles. The molecule has 2 heterocycles. The van der Waals surface area contributed by atoms with Crippen molar-refractivity contribution >= 4 is 27.3 Å². The van der Waals surface area contributed by atoms with Crippen LogP contribution in [0.25, 0.3) is 0 Å². The number of nitrogens with zero attached hydrogens (tertiary/aromatic N) is 2. The molecule has 0 radical (unpaired) electrons. The normalized spacial score (nSPS) is 19.0. The van der Waals surface area contributed by atoms with Gasteiger partial charge in [0.15, 0.2) is 0 Å². The first-order valence-corrected chi connectivity index (χ1v) is 9.81. The van der Waals surface area contributed by atoms with E-state index in [0.29, 0.717) is 36.9 Å². The van der Waals surface area contributed by atoms with Crippen LogP contribution >= 0.6 is 11.3 Å². The molecular formula is C14H23N3O3S2. The van der Waals surface area contributed by atoms with E-state index in [-0.39, 0.29) is 11.9 Å². The molecule has 0 spiro atoms. The molecule has 0 saturated carbocycles. The van der Waals surface area contributed by atoms with Crippen LogP contribution in [0.2, 0.25) is 0 Å². The summed E-state index contributed by atoms with van der Waals surface area (Å²) in [6.07, 6.45) is 0.901. The van der Waals surface area contributed by atoms with Crippen LogP contribution in [0.15, 0.2) is 21.7 Å². The maximum absolute atomic E-state index is 12.4. The van der Waals surface area contributed by atoms with Crippen LogP contribution in [0.3, 0.4) is 0 Å². The average molecular weight is 345 g/mol. The van der Waals surface area contributed by atoms with Gasteiger partial charge in [-0.3, -0.25) is 9.69 Å². The Morgan fingerprint density at radius 1 is 1.36 bits per heavy atom. The molecule has 6 nitrogen and oxygen atoms in total. The van der Waals surface area contributed by atoms with Crippen LogP contribution in [0, 0.1) is 0 Å². The van der Waals surface area contributed by atoms with Gasteiger partial charge in [-0.25, -0.2) is 8.42 Å². The molecule has 1 amide bonds. The van der Waals surface area contributed by atoms with Gasteiger partial charge in [-0.15, -0.1) is 11.3 Å². The fourth-order valence-corrected chi connectivity index (χ4v) is 4.86. The molecule has 0 bridgehead atoms. The van der Waals surface area contributed by atoms with Gasteiger partial charge in [0.1, 0.15) is 4.21 Å². The molecular weight excluding hydrogens is 322 g/mol. The number of sulfonamides is 1. The highest BCUT2D eigenvalue weighted by Gasteiger charge is 2.29. The van der Waals surface area contributed by atoms with E-state index in [0.717, 1.165) is 6.42 Å². The van der Waals surface area contributed by atoms with Crippen LogP contribution in [-0.2, 0) is 14.8 Å². The van der Waals surface area contributed by atoms with Gasteiger partial charge in [0.2, 0.25) is 5.91 Å². The van der Waals surface area contributed by atoms with Crippen LogP contribution < -0.4 is 5.32 Å². The highest BCUT2D eigenvalue weighted by atomic mass is 32.2. The lowest BCUT2D eigenvalue weighted by Crippen LogP contribution is -2.51. The number of hydrogen-bond donors (Lipinski definition) is 1. The second kappa shape index (κ2) is 7.54. The zero-order chi connectivity index (χ0) is 16.2.